The van der Waals surface area contributed by atoms with Gasteiger partial charge in [-0.2, -0.15) is 0 Å². The van der Waals surface area contributed by atoms with E-state index >= 15 is 0 Å². The lowest BCUT2D eigenvalue weighted by Gasteiger charge is -2.27. The molecule has 1 amide bonds. The molecule has 1 unspecified atom stereocenters. The van der Waals surface area contributed by atoms with Crippen LogP contribution in [-0.4, -0.2) is 73.5 Å². The number of nitrogens with zero attached hydrogens (tertiary/aromatic N) is 3. The van der Waals surface area contributed by atoms with Crippen molar-refractivity contribution in [3.05, 3.63) is 35.9 Å². The Balaban J connectivity index is 0.00000363. The van der Waals surface area contributed by atoms with Crippen molar-refractivity contribution in [3.63, 3.8) is 0 Å². The number of rotatable bonds is 10. The number of carbonyl (C=O) groups excluding carboxylic acids is 1. The third kappa shape index (κ3) is 8.54. The van der Waals surface area contributed by atoms with Crippen LogP contribution in [0.4, 0.5) is 0 Å². The Labute approximate surface area is 211 Å². The molecule has 1 aromatic rings. The number of likely N-dealkylation sites (tertiary alicyclic amines) is 2. The van der Waals surface area contributed by atoms with Gasteiger partial charge in [0.2, 0.25) is 5.91 Å². The first-order chi connectivity index (χ1) is 15.0. The third-order valence-corrected chi connectivity index (χ3v) is 6.26. The second-order valence-electron chi connectivity index (χ2n) is 9.43. The van der Waals surface area contributed by atoms with Crippen LogP contribution in [0.5, 0.6) is 0 Å². The van der Waals surface area contributed by atoms with Gasteiger partial charge in [0, 0.05) is 57.6 Å². The van der Waals surface area contributed by atoms with Crippen LogP contribution in [0.3, 0.4) is 0 Å². The van der Waals surface area contributed by atoms with Crippen LogP contribution in [0.25, 0.3) is 0 Å². The second kappa shape index (κ2) is 14.0. The van der Waals surface area contributed by atoms with Crippen LogP contribution >= 0.6 is 24.0 Å². The van der Waals surface area contributed by atoms with Crippen molar-refractivity contribution in [1.82, 2.24) is 20.4 Å². The number of benzene rings is 1. The monoisotopic (exact) mass is 555 g/mol. The first kappa shape index (κ1) is 26.9. The van der Waals surface area contributed by atoms with E-state index in [0.717, 1.165) is 38.6 Å². The number of hydrogen-bond donors (Lipinski definition) is 2. The highest BCUT2D eigenvalue weighted by atomic mass is 127. The van der Waals surface area contributed by atoms with Crippen molar-refractivity contribution in [2.75, 3.05) is 45.8 Å². The molecule has 0 bridgehead atoms. The summed E-state index contributed by atoms with van der Waals surface area (Å²) in [6, 6.07) is 11.0. The summed E-state index contributed by atoms with van der Waals surface area (Å²) in [6.07, 6.45) is 4.08. The van der Waals surface area contributed by atoms with E-state index in [4.69, 9.17) is 4.99 Å². The van der Waals surface area contributed by atoms with Crippen molar-refractivity contribution < 1.29 is 4.79 Å². The minimum absolute atomic E-state index is 0. The van der Waals surface area contributed by atoms with Crippen molar-refractivity contribution in [2.45, 2.75) is 52.5 Å². The minimum Gasteiger partial charge on any atom is -0.357 e. The molecular formula is C25H42IN5O. The standard InChI is InChI=1S/C25H41N5O.HI/c1-4-26-25(28-17-23-11-8-13-29(23)18-20(2)3)27-16-22-15-24(31)30(19-22)14-12-21-9-6-5-7-10-21;/h5-7,9-10,20,22-23H,4,8,11-19H2,1-3H3,(H2,26,27,28);1H/t22?,23-;/m1./s1. The second-order valence-corrected chi connectivity index (χ2v) is 9.43. The van der Waals surface area contributed by atoms with Gasteiger partial charge >= 0.3 is 0 Å². The number of halogens is 1. The van der Waals surface area contributed by atoms with Gasteiger partial charge < -0.3 is 15.5 Å². The molecular weight excluding hydrogens is 513 g/mol. The van der Waals surface area contributed by atoms with E-state index in [2.05, 4.69) is 60.6 Å². The zero-order valence-corrected chi connectivity index (χ0v) is 22.4. The van der Waals surface area contributed by atoms with Crippen LogP contribution in [0.2, 0.25) is 0 Å². The highest BCUT2D eigenvalue weighted by Crippen LogP contribution is 2.19. The average molecular weight is 556 g/mol. The summed E-state index contributed by atoms with van der Waals surface area (Å²) in [5, 5.41) is 6.93. The molecule has 2 fully saturated rings. The van der Waals surface area contributed by atoms with Gasteiger partial charge in [-0.25, -0.2) is 0 Å². The SMILES string of the molecule is CCNC(=NCC1CC(=O)N(CCc2ccccc2)C1)NC[C@H]1CCCN1CC(C)C.I. The maximum absolute atomic E-state index is 12.4. The van der Waals surface area contributed by atoms with Crippen LogP contribution in [0, 0.1) is 11.8 Å². The van der Waals surface area contributed by atoms with E-state index in [0.29, 0.717) is 30.8 Å². The molecule has 7 heteroatoms. The molecule has 0 aliphatic carbocycles. The maximum Gasteiger partial charge on any atom is 0.223 e. The van der Waals surface area contributed by atoms with Gasteiger partial charge in [0.25, 0.3) is 0 Å². The lowest BCUT2D eigenvalue weighted by Crippen LogP contribution is -2.45. The normalized spacial score (nSPS) is 21.8. The summed E-state index contributed by atoms with van der Waals surface area (Å²) in [4.78, 5) is 21.9. The fourth-order valence-corrected chi connectivity index (χ4v) is 4.71. The molecule has 1 aromatic carbocycles. The van der Waals surface area contributed by atoms with Gasteiger partial charge in [0.1, 0.15) is 0 Å². The van der Waals surface area contributed by atoms with E-state index in [1.54, 1.807) is 0 Å². The Morgan fingerprint density at radius 2 is 2.00 bits per heavy atom. The van der Waals surface area contributed by atoms with Crippen molar-refractivity contribution in [3.8, 4) is 0 Å². The predicted octanol–water partition coefficient (Wildman–Crippen LogP) is 3.37. The molecule has 0 aromatic heterocycles. The number of aliphatic imine (C=N–C) groups is 1. The van der Waals surface area contributed by atoms with Crippen LogP contribution < -0.4 is 10.6 Å². The summed E-state index contributed by atoms with van der Waals surface area (Å²) in [6.45, 7) is 13.2. The number of carbonyl (C=O) groups is 1. The summed E-state index contributed by atoms with van der Waals surface area (Å²) < 4.78 is 0. The molecule has 0 spiro atoms. The highest BCUT2D eigenvalue weighted by Gasteiger charge is 2.29. The van der Waals surface area contributed by atoms with Crippen molar-refractivity contribution >= 4 is 35.8 Å². The van der Waals surface area contributed by atoms with Gasteiger partial charge in [-0.15, -0.1) is 24.0 Å². The molecule has 0 radical (unpaired) electrons. The smallest absolute Gasteiger partial charge is 0.223 e. The predicted molar refractivity (Wildman–Crippen MR) is 144 cm³/mol. The first-order valence-electron chi connectivity index (χ1n) is 12.1. The third-order valence-electron chi connectivity index (χ3n) is 6.26. The molecule has 32 heavy (non-hydrogen) atoms. The quantitative estimate of drug-likeness (QED) is 0.264. The number of nitrogens with one attached hydrogen (secondary N) is 2. The largest absolute Gasteiger partial charge is 0.357 e. The molecule has 2 aliphatic heterocycles. The highest BCUT2D eigenvalue weighted by molar-refractivity contribution is 14.0. The van der Waals surface area contributed by atoms with Gasteiger partial charge in [-0.05, 0) is 44.2 Å². The summed E-state index contributed by atoms with van der Waals surface area (Å²) in [5.41, 5.74) is 1.29. The Kier molecular flexibility index (Phi) is 11.8. The zero-order valence-electron chi connectivity index (χ0n) is 20.1. The Hall–Kier alpha value is -1.35. The lowest BCUT2D eigenvalue weighted by molar-refractivity contribution is -0.127. The molecule has 2 saturated heterocycles. The van der Waals surface area contributed by atoms with Gasteiger partial charge in [0.15, 0.2) is 5.96 Å². The molecule has 2 atom stereocenters. The fraction of sp³-hybridized carbons (Fsp3) is 0.680. The van der Waals surface area contributed by atoms with E-state index in [9.17, 15) is 4.79 Å². The van der Waals surface area contributed by atoms with Gasteiger partial charge in [0.05, 0.1) is 0 Å². The maximum atomic E-state index is 12.4. The number of guanidine groups is 1. The minimum atomic E-state index is 0. The molecule has 2 heterocycles. The fourth-order valence-electron chi connectivity index (χ4n) is 4.71. The Morgan fingerprint density at radius 1 is 1.22 bits per heavy atom. The summed E-state index contributed by atoms with van der Waals surface area (Å²) in [7, 11) is 0. The van der Waals surface area contributed by atoms with Crippen LogP contribution in [-0.2, 0) is 11.2 Å². The zero-order chi connectivity index (χ0) is 22.1. The van der Waals surface area contributed by atoms with Crippen LogP contribution in [0.15, 0.2) is 35.3 Å². The molecule has 3 rings (SSSR count). The lowest BCUT2D eigenvalue weighted by atomic mass is 10.1. The van der Waals surface area contributed by atoms with Crippen LogP contribution in [0.1, 0.15) is 45.6 Å². The molecule has 2 N–H and O–H groups in total. The molecule has 0 saturated carbocycles. The van der Waals surface area contributed by atoms with E-state index < -0.39 is 0 Å². The Morgan fingerprint density at radius 3 is 2.72 bits per heavy atom. The Bertz CT molecular complexity index is 712. The molecule has 6 nitrogen and oxygen atoms in total. The van der Waals surface area contributed by atoms with Crippen molar-refractivity contribution in [2.24, 2.45) is 16.8 Å². The molecule has 180 valence electrons. The van der Waals surface area contributed by atoms with E-state index in [1.807, 2.05) is 11.0 Å². The van der Waals surface area contributed by atoms with Crippen molar-refractivity contribution in [1.29, 1.82) is 0 Å². The average Bonchev–Trinajstić information content (AvgIpc) is 3.34. The number of amides is 1. The summed E-state index contributed by atoms with van der Waals surface area (Å²) >= 11 is 0. The van der Waals surface area contributed by atoms with Gasteiger partial charge in [-0.3, -0.25) is 14.7 Å². The van der Waals surface area contributed by atoms with Gasteiger partial charge in [-0.1, -0.05) is 44.2 Å². The topological polar surface area (TPSA) is 60.0 Å². The number of hydrogen-bond acceptors (Lipinski definition) is 3. The summed E-state index contributed by atoms with van der Waals surface area (Å²) in [5.74, 6) is 2.16. The van der Waals surface area contributed by atoms with E-state index in [-0.39, 0.29) is 29.9 Å². The first-order valence-corrected chi connectivity index (χ1v) is 12.1. The van der Waals surface area contributed by atoms with E-state index in [1.165, 1.54) is 31.5 Å². The molecule has 2 aliphatic rings.